The molecule has 0 spiro atoms. The maximum atomic E-state index is 12.6. The van der Waals surface area contributed by atoms with Crippen LogP contribution in [0, 0.1) is 0 Å². The number of carbonyl (C=O) groups is 1. The third-order valence-electron chi connectivity index (χ3n) is 4.53. The van der Waals surface area contributed by atoms with Gasteiger partial charge in [-0.1, -0.05) is 33.1 Å². The Bertz CT molecular complexity index is 286. The van der Waals surface area contributed by atoms with Crippen LogP contribution in [-0.2, 0) is 4.79 Å². The van der Waals surface area contributed by atoms with Crippen LogP contribution < -0.4 is 5.73 Å². The molecule has 1 amide bonds. The molecule has 0 aromatic heterocycles. The molecule has 1 aliphatic heterocycles. The van der Waals surface area contributed by atoms with Crippen molar-refractivity contribution >= 4 is 5.91 Å². The Balaban J connectivity index is 2.56. The highest BCUT2D eigenvalue weighted by atomic mass is 16.2. The highest BCUT2D eigenvalue weighted by Crippen LogP contribution is 2.19. The fourth-order valence-electron chi connectivity index (χ4n) is 3.14. The first-order chi connectivity index (χ1) is 10.1. The molecule has 1 saturated heterocycles. The minimum atomic E-state index is 0.151. The number of nitrogens with two attached hydrogens (primary N) is 1. The van der Waals surface area contributed by atoms with Gasteiger partial charge in [0.1, 0.15) is 0 Å². The monoisotopic (exact) mass is 297 g/mol. The molecule has 4 heteroatoms. The summed E-state index contributed by atoms with van der Waals surface area (Å²) in [6, 6.07) is 0.528. The molecule has 0 aliphatic carbocycles. The highest BCUT2D eigenvalue weighted by Gasteiger charge is 2.28. The van der Waals surface area contributed by atoms with Crippen LogP contribution in [0.5, 0.6) is 0 Å². The van der Waals surface area contributed by atoms with E-state index in [1.807, 2.05) is 0 Å². The molecule has 2 unspecified atom stereocenters. The van der Waals surface area contributed by atoms with E-state index in [9.17, 15) is 4.79 Å². The lowest BCUT2D eigenvalue weighted by atomic mass is 9.97. The predicted molar refractivity (Wildman–Crippen MR) is 89.3 cm³/mol. The number of likely N-dealkylation sites (tertiary alicyclic amines) is 1. The predicted octanol–water partition coefficient (Wildman–Crippen LogP) is 2.62. The lowest BCUT2D eigenvalue weighted by Gasteiger charge is -2.38. The van der Waals surface area contributed by atoms with Gasteiger partial charge in [-0.15, -0.1) is 0 Å². The van der Waals surface area contributed by atoms with E-state index in [0.29, 0.717) is 18.5 Å². The van der Waals surface area contributed by atoms with E-state index >= 15 is 0 Å². The second kappa shape index (κ2) is 10.2. The molecule has 21 heavy (non-hydrogen) atoms. The summed E-state index contributed by atoms with van der Waals surface area (Å²) in [7, 11) is 0. The number of amides is 1. The quantitative estimate of drug-likeness (QED) is 0.712. The van der Waals surface area contributed by atoms with E-state index in [1.54, 1.807) is 0 Å². The summed E-state index contributed by atoms with van der Waals surface area (Å²) in [4.78, 5) is 17.0. The first kappa shape index (κ1) is 18.4. The molecular weight excluding hydrogens is 262 g/mol. The number of hydrogen-bond donors (Lipinski definition) is 1. The fourth-order valence-corrected chi connectivity index (χ4v) is 3.14. The van der Waals surface area contributed by atoms with Crippen molar-refractivity contribution in [2.75, 3.05) is 26.2 Å². The van der Waals surface area contributed by atoms with Gasteiger partial charge in [0.05, 0.1) is 6.54 Å². The molecule has 0 bridgehead atoms. The standard InChI is InChI=1S/C17H35N3O/c1-4-6-11-19(12-7-5-2)17(21)14-20-13-9-8-10-16(20)15(3)18/h15-16H,4-14,18H2,1-3H3. The summed E-state index contributed by atoms with van der Waals surface area (Å²) < 4.78 is 0. The van der Waals surface area contributed by atoms with Crippen molar-refractivity contribution in [1.29, 1.82) is 0 Å². The smallest absolute Gasteiger partial charge is 0.236 e. The van der Waals surface area contributed by atoms with Crippen molar-refractivity contribution in [2.24, 2.45) is 5.73 Å². The van der Waals surface area contributed by atoms with E-state index in [1.165, 1.54) is 12.8 Å². The van der Waals surface area contributed by atoms with Gasteiger partial charge in [-0.2, -0.15) is 0 Å². The lowest BCUT2D eigenvalue weighted by molar-refractivity contribution is -0.133. The van der Waals surface area contributed by atoms with E-state index in [0.717, 1.165) is 51.7 Å². The van der Waals surface area contributed by atoms with Crippen molar-refractivity contribution in [2.45, 2.75) is 77.8 Å². The van der Waals surface area contributed by atoms with Crippen LogP contribution in [-0.4, -0.2) is 54.0 Å². The Kier molecular flexibility index (Phi) is 8.93. The van der Waals surface area contributed by atoms with E-state index in [4.69, 9.17) is 5.73 Å². The Hall–Kier alpha value is -0.610. The number of unbranched alkanes of at least 4 members (excludes halogenated alkanes) is 2. The molecule has 2 N–H and O–H groups in total. The van der Waals surface area contributed by atoms with Crippen molar-refractivity contribution in [3.8, 4) is 0 Å². The first-order valence-electron chi connectivity index (χ1n) is 8.87. The van der Waals surface area contributed by atoms with Gasteiger partial charge in [0.25, 0.3) is 0 Å². The van der Waals surface area contributed by atoms with Gasteiger partial charge in [-0.3, -0.25) is 9.69 Å². The average molecular weight is 297 g/mol. The summed E-state index contributed by atoms with van der Waals surface area (Å²) >= 11 is 0. The summed E-state index contributed by atoms with van der Waals surface area (Å²) in [6.45, 7) is 9.82. The molecule has 1 aliphatic rings. The van der Waals surface area contributed by atoms with Gasteiger partial charge in [0.15, 0.2) is 0 Å². The zero-order chi connectivity index (χ0) is 15.7. The number of hydrogen-bond acceptors (Lipinski definition) is 3. The zero-order valence-corrected chi connectivity index (χ0v) is 14.3. The van der Waals surface area contributed by atoms with Crippen LogP contribution >= 0.6 is 0 Å². The topological polar surface area (TPSA) is 49.6 Å². The van der Waals surface area contributed by atoms with Gasteiger partial charge in [-0.25, -0.2) is 0 Å². The molecule has 0 saturated carbocycles. The van der Waals surface area contributed by atoms with Crippen LogP contribution in [0.4, 0.5) is 0 Å². The van der Waals surface area contributed by atoms with Gasteiger partial charge >= 0.3 is 0 Å². The van der Waals surface area contributed by atoms with Gasteiger partial charge in [0, 0.05) is 25.2 Å². The minimum Gasteiger partial charge on any atom is -0.342 e. The second-order valence-corrected chi connectivity index (χ2v) is 6.48. The maximum absolute atomic E-state index is 12.6. The lowest BCUT2D eigenvalue weighted by Crippen LogP contribution is -2.52. The average Bonchev–Trinajstić information content (AvgIpc) is 2.47. The Morgan fingerprint density at radius 1 is 1.24 bits per heavy atom. The fraction of sp³-hybridized carbons (Fsp3) is 0.941. The van der Waals surface area contributed by atoms with Gasteiger partial charge in [0.2, 0.25) is 5.91 Å². The summed E-state index contributed by atoms with van der Waals surface area (Å²) in [5.74, 6) is 0.296. The van der Waals surface area contributed by atoms with Crippen LogP contribution in [0.15, 0.2) is 0 Å². The zero-order valence-electron chi connectivity index (χ0n) is 14.3. The van der Waals surface area contributed by atoms with Crippen molar-refractivity contribution in [3.05, 3.63) is 0 Å². The molecule has 0 radical (unpaired) electrons. The van der Waals surface area contributed by atoms with Crippen molar-refractivity contribution in [1.82, 2.24) is 9.80 Å². The first-order valence-corrected chi connectivity index (χ1v) is 8.87. The molecule has 1 fully saturated rings. The highest BCUT2D eigenvalue weighted by molar-refractivity contribution is 5.78. The molecule has 124 valence electrons. The number of rotatable bonds is 9. The minimum absolute atomic E-state index is 0.151. The molecule has 1 heterocycles. The summed E-state index contributed by atoms with van der Waals surface area (Å²) in [5.41, 5.74) is 6.10. The van der Waals surface area contributed by atoms with Crippen LogP contribution in [0.1, 0.15) is 65.7 Å². The summed E-state index contributed by atoms with van der Waals surface area (Å²) in [6.07, 6.45) is 8.06. The van der Waals surface area contributed by atoms with Crippen molar-refractivity contribution in [3.63, 3.8) is 0 Å². The van der Waals surface area contributed by atoms with Crippen LogP contribution in [0.3, 0.4) is 0 Å². The summed E-state index contributed by atoms with van der Waals surface area (Å²) in [5, 5.41) is 0. The molecule has 2 atom stereocenters. The number of piperidine rings is 1. The van der Waals surface area contributed by atoms with E-state index in [-0.39, 0.29) is 6.04 Å². The molecule has 1 rings (SSSR count). The number of carbonyl (C=O) groups excluding carboxylic acids is 1. The third kappa shape index (κ3) is 6.35. The largest absolute Gasteiger partial charge is 0.342 e. The molecule has 4 nitrogen and oxygen atoms in total. The van der Waals surface area contributed by atoms with E-state index in [2.05, 4.69) is 30.6 Å². The number of nitrogens with zero attached hydrogens (tertiary/aromatic N) is 2. The van der Waals surface area contributed by atoms with Gasteiger partial charge < -0.3 is 10.6 Å². The molecular formula is C17H35N3O. The van der Waals surface area contributed by atoms with Gasteiger partial charge in [-0.05, 0) is 39.2 Å². The SMILES string of the molecule is CCCCN(CCCC)C(=O)CN1CCCCC1C(C)N. The Morgan fingerprint density at radius 2 is 1.86 bits per heavy atom. The second-order valence-electron chi connectivity index (χ2n) is 6.48. The van der Waals surface area contributed by atoms with Crippen LogP contribution in [0.25, 0.3) is 0 Å². The van der Waals surface area contributed by atoms with Crippen LogP contribution in [0.2, 0.25) is 0 Å². The third-order valence-corrected chi connectivity index (χ3v) is 4.53. The normalized spacial score (nSPS) is 21.2. The molecule has 0 aromatic carbocycles. The maximum Gasteiger partial charge on any atom is 0.236 e. The van der Waals surface area contributed by atoms with Crippen molar-refractivity contribution < 1.29 is 4.79 Å². The Labute approximate surface area is 131 Å². The van der Waals surface area contributed by atoms with E-state index < -0.39 is 0 Å². The molecule has 0 aromatic rings. The Morgan fingerprint density at radius 3 is 2.38 bits per heavy atom.